The lowest BCUT2D eigenvalue weighted by Gasteiger charge is -2.08. The molecular weight excluding hydrogens is 1610 g/mol. The number of nitrogens with zero attached hydrogens (tertiary/aromatic N) is 5. The molecule has 616 valence electrons. The number of aromatic nitrogens is 4. The van der Waals surface area contributed by atoms with Crippen molar-refractivity contribution in [2.24, 2.45) is 33.7 Å². The Balaban J connectivity index is 0.000000301. The van der Waals surface area contributed by atoms with E-state index in [1.54, 1.807) is 165 Å². The maximum atomic E-state index is 12.2. The van der Waals surface area contributed by atoms with Gasteiger partial charge in [0.2, 0.25) is 29.6 Å². The summed E-state index contributed by atoms with van der Waals surface area (Å²) >= 11 is 11.1. The van der Waals surface area contributed by atoms with Gasteiger partial charge < -0.3 is 64.8 Å². The lowest BCUT2D eigenvalue weighted by Crippen LogP contribution is -2.21. The minimum atomic E-state index is -3.42. The summed E-state index contributed by atoms with van der Waals surface area (Å²) in [6.45, 7) is 4.54. The van der Waals surface area contributed by atoms with Crippen molar-refractivity contribution in [1.82, 2.24) is 19.9 Å². The number of thiol groups is 1. The van der Waals surface area contributed by atoms with Gasteiger partial charge in [0.25, 0.3) is 0 Å². The van der Waals surface area contributed by atoms with E-state index in [1.165, 1.54) is 62.4 Å². The third-order valence-electron chi connectivity index (χ3n) is 15.3. The average molecular weight is 1700 g/mol. The summed E-state index contributed by atoms with van der Waals surface area (Å²) in [5, 5.41) is 49.6. The largest absolute Gasteiger partial charge is 0.396 e. The zero-order valence-electron chi connectivity index (χ0n) is 63.6. The predicted molar refractivity (Wildman–Crippen MR) is 455 cm³/mol. The van der Waals surface area contributed by atoms with E-state index in [0.29, 0.717) is 73.2 Å². The number of carbonyl (C=O) groups is 6. The van der Waals surface area contributed by atoms with Crippen molar-refractivity contribution in [3.63, 3.8) is 0 Å². The van der Waals surface area contributed by atoms with Crippen LogP contribution in [0.3, 0.4) is 0 Å². The van der Waals surface area contributed by atoms with Crippen LogP contribution in [0.15, 0.2) is 243 Å². The molecule has 10 aromatic rings. The Morgan fingerprint density at radius 2 is 0.707 bits per heavy atom. The summed E-state index contributed by atoms with van der Waals surface area (Å²) in [5.74, 6) is 0.694. The number of hydrogen-bond acceptors (Lipinski definition) is 26. The molecule has 2 heterocycles. The van der Waals surface area contributed by atoms with E-state index < -0.39 is 47.2 Å². The Morgan fingerprint density at radius 1 is 0.405 bits per heavy atom. The number of hydrogen-bond donors (Lipinski definition) is 13. The molecule has 0 radical (unpaired) electrons. The van der Waals surface area contributed by atoms with Crippen LogP contribution in [0.1, 0.15) is 115 Å². The van der Waals surface area contributed by atoms with Crippen LogP contribution in [0.4, 0.5) is 29.0 Å². The summed E-state index contributed by atoms with van der Waals surface area (Å²) in [7, 11) is -10.2. The first-order valence-electron chi connectivity index (χ1n) is 35.3. The summed E-state index contributed by atoms with van der Waals surface area (Å²) in [6, 6.07) is 56.0. The molecule has 116 heavy (non-hydrogen) atoms. The number of primary amides is 3. The van der Waals surface area contributed by atoms with E-state index in [4.69, 9.17) is 65.8 Å². The Hall–Kier alpha value is -11.2. The quantitative estimate of drug-likeness (QED) is 0.00479. The number of halogens is 1. The van der Waals surface area contributed by atoms with Crippen molar-refractivity contribution in [2.75, 3.05) is 72.4 Å². The molecule has 0 aliphatic rings. The lowest BCUT2D eigenvalue weighted by molar-refractivity contribution is 0.0992. The number of ketones is 3. The topological polar surface area (TPSA) is 524 Å². The van der Waals surface area contributed by atoms with Crippen LogP contribution in [0.5, 0.6) is 0 Å². The van der Waals surface area contributed by atoms with Crippen LogP contribution in [-0.4, -0.2) is 174 Å². The Kier molecular flexibility index (Phi) is 42.7. The highest BCUT2D eigenvalue weighted by Gasteiger charge is 2.18. The standard InChI is InChI=1S/2C20H20N4O4S.C11H14O4S.C11H14O2S.C8H7ClO.C8H10N4O.C3H8OS/c2*21-19(26)15-2-6-16(7-3-15)23-20-22-11-10-18(24-20)14-4-8-17(9-5-14)29(27,28)13-1-12-25;1-9(13)10-3-5-11(6-4-10)16(14,15)8-2-7-12;1-9(13)10-3-5-11(6-4-10)14-8-2-7-12;1-6(10)7-2-4-8(9)5-3-7;9-7(13)5-1-3-6(4-2-5)12-8(10)11;4-2-1-3-5/h2*2-11,25H,1,12-13H2,(H2,21,26)(H,22,23,24);3-6,12H,2,7-8H2,1H3;3-6,12H,2,7-8H2,1H3;2-5H,1H3;1-4H,(H2,9,13)(H4,10,11,12);4-5H,1-3H2. The van der Waals surface area contributed by atoms with Crippen molar-refractivity contribution < 1.29 is 79.6 Å². The number of carbonyl (C=O) groups excluding carboxylic acids is 6. The molecule has 10 rings (SSSR count). The van der Waals surface area contributed by atoms with Gasteiger partial charge in [0.15, 0.2) is 52.8 Å². The molecule has 0 saturated heterocycles. The maximum absolute atomic E-state index is 12.2. The first-order valence-corrected chi connectivity index (χ1v) is 42.3. The first-order chi connectivity index (χ1) is 55.2. The van der Waals surface area contributed by atoms with Crippen LogP contribution in [0, 0.1) is 0 Å². The number of aliphatic hydroxyl groups is 5. The number of sulfone groups is 3. The highest BCUT2D eigenvalue weighted by Crippen LogP contribution is 2.26. The Labute approximate surface area is 688 Å². The second kappa shape index (κ2) is 50.9. The molecule has 0 spiro atoms. The molecule has 0 fully saturated rings. The van der Waals surface area contributed by atoms with Gasteiger partial charge in [-0.2, -0.15) is 12.6 Å². The maximum Gasteiger partial charge on any atom is 0.248 e. The van der Waals surface area contributed by atoms with Crippen molar-refractivity contribution in [2.45, 2.75) is 72.5 Å². The van der Waals surface area contributed by atoms with Gasteiger partial charge in [0.05, 0.1) is 49.0 Å². The molecule has 0 aliphatic heterocycles. The van der Waals surface area contributed by atoms with Gasteiger partial charge in [0.1, 0.15) is 0 Å². The van der Waals surface area contributed by atoms with Crippen LogP contribution < -0.4 is 39.3 Å². The molecule has 17 N–H and O–H groups in total. The van der Waals surface area contributed by atoms with E-state index in [9.17, 15) is 54.0 Å². The predicted octanol–water partition coefficient (Wildman–Crippen LogP) is 10.2. The van der Waals surface area contributed by atoms with Crippen LogP contribution in [0.2, 0.25) is 5.02 Å². The average Bonchev–Trinajstić information content (AvgIpc) is 0.820. The normalized spacial score (nSPS) is 10.6. The summed E-state index contributed by atoms with van der Waals surface area (Å²) in [6.07, 6.45) is 5.42. The third kappa shape index (κ3) is 35.7. The van der Waals surface area contributed by atoms with Crippen molar-refractivity contribution in [1.29, 1.82) is 0 Å². The minimum absolute atomic E-state index is 0.0215. The first kappa shape index (κ1) is 97.2. The zero-order valence-corrected chi connectivity index (χ0v) is 68.5. The molecule has 3 amide bonds. The smallest absolute Gasteiger partial charge is 0.248 e. The number of nitrogens with one attached hydrogen (secondary N) is 2. The monoisotopic (exact) mass is 1700 g/mol. The van der Waals surface area contributed by atoms with Gasteiger partial charge in [-0.3, -0.25) is 28.8 Å². The van der Waals surface area contributed by atoms with Crippen molar-refractivity contribution in [3.05, 3.63) is 257 Å². The number of amides is 3. The summed E-state index contributed by atoms with van der Waals surface area (Å²) in [5.41, 5.74) is 33.7. The second-order valence-corrected chi connectivity index (χ2v) is 32.7. The fourth-order valence-corrected chi connectivity index (χ4v) is 14.2. The van der Waals surface area contributed by atoms with E-state index in [1.807, 2.05) is 24.3 Å². The number of nitrogens with two attached hydrogens (primary N) is 5. The molecule has 29 nitrogen and oxygen atoms in total. The SMILES string of the molecule is CC(=O)c1ccc(Cl)cc1.CC(=O)c1ccc(S(=O)(=O)CCCO)cc1.CC(=O)c1ccc(SCCCO)cc1.NC(=O)c1ccc(N=C(N)N)cc1.NC(=O)c1ccc(Nc2nccc(-c3ccc(S(=O)(=O)CCCO)cc3)n2)cc1.NC(=O)c1ccc(Nc2nccc(-c3ccc(S(=O)(=O)CCCO)cc3)n2)cc1.OCCCS. The molecule has 35 heteroatoms. The minimum Gasteiger partial charge on any atom is -0.396 e. The van der Waals surface area contributed by atoms with Crippen molar-refractivity contribution in [3.8, 4) is 22.5 Å². The lowest BCUT2D eigenvalue weighted by atomic mass is 10.1. The second-order valence-electron chi connectivity index (χ2n) is 24.3. The molecule has 0 atom stereocenters. The fourth-order valence-electron chi connectivity index (χ4n) is 9.18. The number of aliphatic hydroxyl groups excluding tert-OH is 5. The number of thioether (sulfide) groups is 1. The molecular formula is C81H93ClN12O17S5. The number of anilines is 4. The molecule has 0 bridgehead atoms. The number of guanidine groups is 1. The van der Waals surface area contributed by atoms with E-state index in [2.05, 4.69) is 48.2 Å². The van der Waals surface area contributed by atoms with E-state index in [0.717, 1.165) is 45.9 Å². The molecule has 8 aromatic carbocycles. The Bertz CT molecular complexity index is 4980. The summed E-state index contributed by atoms with van der Waals surface area (Å²) < 4.78 is 72.1. The van der Waals surface area contributed by atoms with Crippen LogP contribution in [-0.2, 0) is 29.5 Å². The molecule has 0 unspecified atom stereocenters. The van der Waals surface area contributed by atoms with Gasteiger partial charge in [0, 0.05) is 117 Å². The number of Topliss-reactive ketones (excluding diaryl/α,β-unsaturated/α-hetero) is 3. The molecule has 0 aliphatic carbocycles. The Morgan fingerprint density at radius 3 is 1.00 bits per heavy atom. The zero-order chi connectivity index (χ0) is 85.8. The summed E-state index contributed by atoms with van der Waals surface area (Å²) in [4.78, 5) is 88.4. The molecule has 0 saturated carbocycles. The van der Waals surface area contributed by atoms with E-state index >= 15 is 0 Å². The fraction of sp³-hybridized carbons (Fsp3) is 0.222. The number of rotatable bonds is 31. The highest BCUT2D eigenvalue weighted by atomic mass is 35.5. The van der Waals surface area contributed by atoms with Gasteiger partial charge >= 0.3 is 0 Å². The van der Waals surface area contributed by atoms with Crippen molar-refractivity contribution >= 4 is 135 Å². The van der Waals surface area contributed by atoms with Gasteiger partial charge in [-0.25, -0.2) is 50.2 Å². The molecule has 2 aromatic heterocycles. The van der Waals surface area contributed by atoms with Gasteiger partial charge in [-0.1, -0.05) is 60.1 Å². The van der Waals surface area contributed by atoms with Gasteiger partial charge in [-0.15, -0.1) is 11.8 Å². The van der Waals surface area contributed by atoms with Crippen LogP contribution in [0.25, 0.3) is 22.5 Å². The highest BCUT2D eigenvalue weighted by molar-refractivity contribution is 7.99. The van der Waals surface area contributed by atoms with Gasteiger partial charge in [-0.05, 0) is 216 Å². The van der Waals surface area contributed by atoms with E-state index in [-0.39, 0.29) is 108 Å². The number of benzene rings is 8. The van der Waals surface area contributed by atoms with Crippen LogP contribution >= 0.6 is 36.0 Å². The number of aliphatic imine (C=N–C) groups is 1. The third-order valence-corrected chi connectivity index (χ3v) is 22.4.